The Balaban J connectivity index is 1.34. The topological polar surface area (TPSA) is 107 Å². The number of nitrogens with one attached hydrogen (secondary N) is 2. The molecule has 0 saturated carbocycles. The van der Waals surface area contributed by atoms with Crippen LogP contribution in [0.5, 0.6) is 5.75 Å². The fraction of sp³-hybridized carbons (Fsp3) is 0.278. The van der Waals surface area contributed by atoms with E-state index >= 15 is 0 Å². The molecule has 2 aromatic rings. The van der Waals surface area contributed by atoms with Crippen molar-refractivity contribution in [3.05, 3.63) is 53.5 Å². The summed E-state index contributed by atoms with van der Waals surface area (Å²) in [5.41, 5.74) is 6.80. The summed E-state index contributed by atoms with van der Waals surface area (Å²) in [5.74, 6) is -1.34. The highest BCUT2D eigenvalue weighted by Gasteiger charge is 2.14. The van der Waals surface area contributed by atoms with Crippen LogP contribution in [0.1, 0.15) is 28.1 Å². The van der Waals surface area contributed by atoms with Gasteiger partial charge in [0.1, 0.15) is 5.75 Å². The van der Waals surface area contributed by atoms with Gasteiger partial charge in [-0.05, 0) is 54.7 Å². The van der Waals surface area contributed by atoms with Crippen molar-refractivity contribution in [2.45, 2.75) is 19.3 Å². The fourth-order valence-corrected chi connectivity index (χ4v) is 2.60. The van der Waals surface area contributed by atoms with Crippen molar-refractivity contribution < 1.29 is 28.3 Å². The molecule has 0 bridgehead atoms. The molecule has 0 spiro atoms. The van der Waals surface area contributed by atoms with Gasteiger partial charge in [0, 0.05) is 0 Å². The number of hydrogen-bond acceptors (Lipinski definition) is 6. The quantitative estimate of drug-likeness (QED) is 0.593. The van der Waals surface area contributed by atoms with Crippen LogP contribution in [0, 0.1) is 0 Å². The molecule has 1 aliphatic carbocycles. The predicted octanol–water partition coefficient (Wildman–Crippen LogP) is 1.15. The maximum Gasteiger partial charge on any atom is 0.344 e. The Morgan fingerprint density at radius 1 is 1.04 bits per heavy atom. The summed E-state index contributed by atoms with van der Waals surface area (Å²) in [7, 11) is 0. The number of amides is 2. The van der Waals surface area contributed by atoms with Crippen LogP contribution < -0.4 is 15.6 Å². The van der Waals surface area contributed by atoms with Crippen LogP contribution in [0.2, 0.25) is 0 Å². The summed E-state index contributed by atoms with van der Waals surface area (Å²) < 4.78 is 15.0. The van der Waals surface area contributed by atoms with Crippen molar-refractivity contribution in [3.63, 3.8) is 0 Å². The van der Waals surface area contributed by atoms with Gasteiger partial charge in [0.15, 0.2) is 19.0 Å². The van der Waals surface area contributed by atoms with E-state index in [0.29, 0.717) is 5.75 Å². The standard InChI is InChI=1S/C18H18N2O6/c21-16(19-20-18(23)15-5-2-8-24-15)10-26-17(22)11-25-14-7-6-12-3-1-4-13(12)9-14/h2,5-9H,1,3-4,10-11H2,(H,19,21)(H,20,23). The first-order valence-corrected chi connectivity index (χ1v) is 8.15. The molecule has 2 N–H and O–H groups in total. The number of benzene rings is 1. The number of hydrazine groups is 1. The Bertz CT molecular complexity index is 800. The van der Waals surface area contributed by atoms with Crippen molar-refractivity contribution in [1.29, 1.82) is 0 Å². The fourth-order valence-electron chi connectivity index (χ4n) is 2.60. The molecule has 0 fully saturated rings. The highest BCUT2D eigenvalue weighted by atomic mass is 16.6. The normalized spacial score (nSPS) is 12.2. The Morgan fingerprint density at radius 2 is 1.88 bits per heavy atom. The molecule has 1 heterocycles. The van der Waals surface area contributed by atoms with E-state index in [0.717, 1.165) is 19.3 Å². The largest absolute Gasteiger partial charge is 0.482 e. The minimum Gasteiger partial charge on any atom is -0.482 e. The lowest BCUT2D eigenvalue weighted by atomic mass is 10.1. The van der Waals surface area contributed by atoms with E-state index in [9.17, 15) is 14.4 Å². The van der Waals surface area contributed by atoms with Crippen LogP contribution in [-0.2, 0) is 27.2 Å². The van der Waals surface area contributed by atoms with Crippen LogP contribution in [0.15, 0.2) is 41.0 Å². The van der Waals surface area contributed by atoms with Gasteiger partial charge in [0.05, 0.1) is 6.26 Å². The number of aryl methyl sites for hydroxylation is 2. The number of furan rings is 1. The lowest BCUT2D eigenvalue weighted by Crippen LogP contribution is -2.43. The summed E-state index contributed by atoms with van der Waals surface area (Å²) in [6, 6.07) is 8.72. The third kappa shape index (κ3) is 4.62. The molecule has 0 radical (unpaired) electrons. The van der Waals surface area contributed by atoms with Gasteiger partial charge in [0.2, 0.25) is 0 Å². The average molecular weight is 358 g/mol. The molecule has 1 aliphatic rings. The SMILES string of the molecule is O=C(COC(=O)COc1ccc2c(c1)CCC2)NNC(=O)c1ccco1. The van der Waals surface area contributed by atoms with E-state index in [1.165, 1.54) is 23.5 Å². The highest BCUT2D eigenvalue weighted by molar-refractivity contribution is 5.93. The zero-order valence-electron chi connectivity index (χ0n) is 13.9. The molecule has 136 valence electrons. The summed E-state index contributed by atoms with van der Waals surface area (Å²) >= 11 is 0. The summed E-state index contributed by atoms with van der Waals surface area (Å²) in [4.78, 5) is 34.7. The minimum atomic E-state index is -0.684. The van der Waals surface area contributed by atoms with E-state index in [1.807, 2.05) is 18.2 Å². The first-order chi connectivity index (χ1) is 12.6. The molecule has 3 rings (SSSR count). The van der Waals surface area contributed by atoms with Crippen LogP contribution in [0.3, 0.4) is 0 Å². The van der Waals surface area contributed by atoms with Crippen LogP contribution >= 0.6 is 0 Å². The van der Waals surface area contributed by atoms with Gasteiger partial charge in [-0.3, -0.25) is 20.4 Å². The van der Waals surface area contributed by atoms with E-state index in [2.05, 4.69) is 10.9 Å². The van der Waals surface area contributed by atoms with Gasteiger partial charge >= 0.3 is 11.9 Å². The summed E-state index contributed by atoms with van der Waals surface area (Å²) in [6.07, 6.45) is 4.55. The van der Waals surface area contributed by atoms with Gasteiger partial charge in [-0.25, -0.2) is 4.79 Å². The second kappa shape index (κ2) is 8.19. The van der Waals surface area contributed by atoms with Gasteiger partial charge in [-0.15, -0.1) is 0 Å². The van der Waals surface area contributed by atoms with Crippen LogP contribution in [0.4, 0.5) is 0 Å². The number of carbonyl (C=O) groups is 3. The Hall–Kier alpha value is -3.29. The first-order valence-electron chi connectivity index (χ1n) is 8.15. The van der Waals surface area contributed by atoms with Crippen LogP contribution in [0.25, 0.3) is 0 Å². The second-order valence-corrected chi connectivity index (χ2v) is 5.71. The van der Waals surface area contributed by atoms with E-state index in [-0.39, 0.29) is 12.4 Å². The highest BCUT2D eigenvalue weighted by Crippen LogP contribution is 2.25. The van der Waals surface area contributed by atoms with Gasteiger partial charge in [0.25, 0.3) is 5.91 Å². The third-order valence-electron chi connectivity index (χ3n) is 3.85. The molecule has 26 heavy (non-hydrogen) atoms. The molecule has 0 atom stereocenters. The van der Waals surface area contributed by atoms with Crippen LogP contribution in [-0.4, -0.2) is 31.0 Å². The number of esters is 1. The third-order valence-corrected chi connectivity index (χ3v) is 3.85. The maximum absolute atomic E-state index is 11.6. The second-order valence-electron chi connectivity index (χ2n) is 5.71. The van der Waals surface area contributed by atoms with Crippen molar-refractivity contribution in [2.24, 2.45) is 0 Å². The van der Waals surface area contributed by atoms with Crippen molar-refractivity contribution in [2.75, 3.05) is 13.2 Å². The van der Waals surface area contributed by atoms with Gasteiger partial charge in [-0.2, -0.15) is 0 Å². The zero-order chi connectivity index (χ0) is 18.4. The summed E-state index contributed by atoms with van der Waals surface area (Å²) in [6.45, 7) is -0.838. The average Bonchev–Trinajstić information content (AvgIpc) is 3.33. The van der Waals surface area contributed by atoms with E-state index in [1.54, 1.807) is 6.07 Å². The molecule has 8 nitrogen and oxygen atoms in total. The molecule has 0 aliphatic heterocycles. The molecule has 1 aromatic heterocycles. The number of rotatable bonds is 6. The van der Waals surface area contributed by atoms with Crippen molar-refractivity contribution in [1.82, 2.24) is 10.9 Å². The monoisotopic (exact) mass is 358 g/mol. The summed E-state index contributed by atoms with van der Waals surface area (Å²) in [5, 5.41) is 0. The number of hydrogen-bond donors (Lipinski definition) is 2. The van der Waals surface area contributed by atoms with Crippen molar-refractivity contribution in [3.8, 4) is 5.75 Å². The first kappa shape index (κ1) is 17.5. The number of fused-ring (bicyclic) bond motifs is 1. The zero-order valence-corrected chi connectivity index (χ0v) is 13.9. The Morgan fingerprint density at radius 3 is 2.69 bits per heavy atom. The lowest BCUT2D eigenvalue weighted by Gasteiger charge is -2.09. The molecule has 2 amide bonds. The molecule has 0 unspecified atom stereocenters. The lowest BCUT2D eigenvalue weighted by molar-refractivity contribution is -0.150. The van der Waals surface area contributed by atoms with Gasteiger partial charge in [-0.1, -0.05) is 6.07 Å². The van der Waals surface area contributed by atoms with E-state index < -0.39 is 24.4 Å². The number of carbonyl (C=O) groups excluding carboxylic acids is 3. The Kier molecular flexibility index (Phi) is 5.52. The Labute approximate surface area is 149 Å². The van der Waals surface area contributed by atoms with Crippen molar-refractivity contribution >= 4 is 17.8 Å². The number of ether oxygens (including phenoxy) is 2. The smallest absolute Gasteiger partial charge is 0.344 e. The minimum absolute atomic E-state index is 0.0463. The molecule has 8 heteroatoms. The predicted molar refractivity (Wildman–Crippen MR) is 89.2 cm³/mol. The van der Waals surface area contributed by atoms with E-state index in [4.69, 9.17) is 13.9 Å². The molecular formula is C18H18N2O6. The van der Waals surface area contributed by atoms with Gasteiger partial charge < -0.3 is 13.9 Å². The maximum atomic E-state index is 11.6. The molecular weight excluding hydrogens is 340 g/mol. The molecule has 1 aromatic carbocycles. The molecule has 0 saturated heterocycles.